The third-order valence-electron chi connectivity index (χ3n) is 3.24. The highest BCUT2D eigenvalue weighted by atomic mass is 16.5. The van der Waals surface area contributed by atoms with Crippen LogP contribution in [0.15, 0.2) is 18.2 Å². The van der Waals surface area contributed by atoms with Crippen LogP contribution in [0.4, 0.5) is 11.4 Å². The molecule has 0 aliphatic heterocycles. The summed E-state index contributed by atoms with van der Waals surface area (Å²) < 4.78 is 4.72. The van der Waals surface area contributed by atoms with Crippen LogP contribution in [0.2, 0.25) is 0 Å². The van der Waals surface area contributed by atoms with Gasteiger partial charge in [-0.1, -0.05) is 19.4 Å². The molecule has 100 valence electrons. The van der Waals surface area contributed by atoms with Gasteiger partial charge in [0.25, 0.3) is 0 Å². The number of para-hydroxylation sites is 1. The number of nitrogens with zero attached hydrogens (tertiary/aromatic N) is 1. The van der Waals surface area contributed by atoms with Gasteiger partial charge in [-0.05, 0) is 25.5 Å². The molecular formula is C14H22N2O2. The van der Waals surface area contributed by atoms with Crippen LogP contribution in [0.1, 0.15) is 37.0 Å². The maximum atomic E-state index is 11.6. The van der Waals surface area contributed by atoms with Crippen LogP contribution in [-0.4, -0.2) is 26.2 Å². The van der Waals surface area contributed by atoms with Crippen LogP contribution < -0.4 is 10.6 Å². The van der Waals surface area contributed by atoms with Crippen LogP contribution in [0, 0.1) is 0 Å². The van der Waals surface area contributed by atoms with E-state index in [1.165, 1.54) is 7.11 Å². The van der Waals surface area contributed by atoms with Crippen molar-refractivity contribution in [1.29, 1.82) is 0 Å². The zero-order valence-electron chi connectivity index (χ0n) is 11.6. The Bertz CT molecular complexity index is 418. The topological polar surface area (TPSA) is 55.6 Å². The van der Waals surface area contributed by atoms with Gasteiger partial charge in [0.15, 0.2) is 0 Å². The van der Waals surface area contributed by atoms with Crippen molar-refractivity contribution in [3.63, 3.8) is 0 Å². The minimum atomic E-state index is -0.397. The summed E-state index contributed by atoms with van der Waals surface area (Å²) in [6, 6.07) is 5.81. The minimum absolute atomic E-state index is 0.380. The van der Waals surface area contributed by atoms with Crippen LogP contribution >= 0.6 is 0 Å². The molecule has 1 rings (SSSR count). The first kappa shape index (κ1) is 14.4. The molecule has 1 aromatic rings. The van der Waals surface area contributed by atoms with Crippen molar-refractivity contribution in [2.45, 2.75) is 32.7 Å². The van der Waals surface area contributed by atoms with Crippen LogP contribution in [0.3, 0.4) is 0 Å². The average Bonchev–Trinajstić information content (AvgIpc) is 2.37. The number of nitrogens with two attached hydrogens (primary N) is 1. The Hall–Kier alpha value is -1.71. The van der Waals surface area contributed by atoms with Gasteiger partial charge in [0.05, 0.1) is 24.0 Å². The standard InChI is InChI=1S/C14H22N2O2/c1-5-7-10(2)16(3)12-9-6-8-11(13(12)15)14(17)18-4/h6,8-10H,5,7,15H2,1-4H3. The van der Waals surface area contributed by atoms with Crippen molar-refractivity contribution in [3.8, 4) is 0 Å². The second-order valence-electron chi connectivity index (χ2n) is 4.48. The minimum Gasteiger partial charge on any atom is -0.465 e. The molecule has 2 N–H and O–H groups in total. The Balaban J connectivity index is 3.06. The van der Waals surface area contributed by atoms with Gasteiger partial charge in [-0.2, -0.15) is 0 Å². The normalized spacial score (nSPS) is 12.0. The quantitative estimate of drug-likeness (QED) is 0.645. The molecule has 0 saturated carbocycles. The highest BCUT2D eigenvalue weighted by Gasteiger charge is 2.17. The predicted octanol–water partition coefficient (Wildman–Crippen LogP) is 2.68. The summed E-state index contributed by atoms with van der Waals surface area (Å²) in [5.74, 6) is -0.397. The SMILES string of the molecule is CCCC(C)N(C)c1cccc(C(=O)OC)c1N. The first-order chi connectivity index (χ1) is 8.52. The number of hydrogen-bond acceptors (Lipinski definition) is 4. The maximum Gasteiger partial charge on any atom is 0.340 e. The third-order valence-corrected chi connectivity index (χ3v) is 3.24. The Morgan fingerprint density at radius 2 is 2.17 bits per heavy atom. The summed E-state index contributed by atoms with van der Waals surface area (Å²) in [6.45, 7) is 4.30. The molecule has 0 saturated heterocycles. The smallest absolute Gasteiger partial charge is 0.340 e. The highest BCUT2D eigenvalue weighted by molar-refractivity contribution is 5.98. The average molecular weight is 250 g/mol. The van der Waals surface area contributed by atoms with Crippen molar-refractivity contribution in [3.05, 3.63) is 23.8 Å². The summed E-state index contributed by atoms with van der Waals surface area (Å²) in [5.41, 5.74) is 7.83. The fourth-order valence-corrected chi connectivity index (χ4v) is 2.00. The molecule has 4 nitrogen and oxygen atoms in total. The van der Waals surface area contributed by atoms with Crippen molar-refractivity contribution in [1.82, 2.24) is 0 Å². The number of benzene rings is 1. The van der Waals surface area contributed by atoms with Gasteiger partial charge in [0, 0.05) is 13.1 Å². The molecule has 1 unspecified atom stereocenters. The number of rotatable bonds is 5. The maximum absolute atomic E-state index is 11.6. The van der Waals surface area contributed by atoms with Crippen molar-refractivity contribution in [2.75, 3.05) is 24.8 Å². The van der Waals surface area contributed by atoms with Gasteiger partial charge in [-0.15, -0.1) is 0 Å². The van der Waals surface area contributed by atoms with E-state index in [1.807, 2.05) is 19.2 Å². The van der Waals surface area contributed by atoms with Crippen LogP contribution in [0.25, 0.3) is 0 Å². The zero-order chi connectivity index (χ0) is 13.7. The summed E-state index contributed by atoms with van der Waals surface area (Å²) >= 11 is 0. The fourth-order valence-electron chi connectivity index (χ4n) is 2.00. The van der Waals surface area contributed by atoms with Crippen LogP contribution in [0.5, 0.6) is 0 Å². The number of methoxy groups -OCH3 is 1. The molecular weight excluding hydrogens is 228 g/mol. The lowest BCUT2D eigenvalue weighted by molar-refractivity contribution is 0.0602. The van der Waals surface area contributed by atoms with Crippen molar-refractivity contribution >= 4 is 17.3 Å². The second-order valence-corrected chi connectivity index (χ2v) is 4.48. The Morgan fingerprint density at radius 1 is 1.50 bits per heavy atom. The molecule has 0 amide bonds. The molecule has 0 bridgehead atoms. The van der Waals surface area contributed by atoms with E-state index in [9.17, 15) is 4.79 Å². The van der Waals surface area contributed by atoms with E-state index in [2.05, 4.69) is 18.7 Å². The van der Waals surface area contributed by atoms with Crippen molar-refractivity contribution < 1.29 is 9.53 Å². The van der Waals surface area contributed by atoms with Gasteiger partial charge in [0.2, 0.25) is 0 Å². The van der Waals surface area contributed by atoms with E-state index in [0.29, 0.717) is 17.3 Å². The first-order valence-corrected chi connectivity index (χ1v) is 6.22. The molecule has 4 heteroatoms. The molecule has 1 aromatic carbocycles. The number of nitrogen functional groups attached to an aromatic ring is 1. The molecule has 1 atom stereocenters. The number of ether oxygens (including phenoxy) is 1. The van der Waals surface area contributed by atoms with Gasteiger partial charge in [0.1, 0.15) is 0 Å². The van der Waals surface area contributed by atoms with E-state index in [-0.39, 0.29) is 0 Å². The lowest BCUT2D eigenvalue weighted by Gasteiger charge is -2.28. The summed E-state index contributed by atoms with van der Waals surface area (Å²) in [5, 5.41) is 0. The van der Waals surface area contributed by atoms with E-state index < -0.39 is 5.97 Å². The van der Waals surface area contributed by atoms with E-state index in [4.69, 9.17) is 10.5 Å². The van der Waals surface area contributed by atoms with Crippen molar-refractivity contribution in [2.24, 2.45) is 0 Å². The molecule has 18 heavy (non-hydrogen) atoms. The molecule has 0 aromatic heterocycles. The monoisotopic (exact) mass is 250 g/mol. The summed E-state index contributed by atoms with van der Waals surface area (Å²) in [4.78, 5) is 13.7. The fraction of sp³-hybridized carbons (Fsp3) is 0.500. The van der Waals surface area contributed by atoms with E-state index in [1.54, 1.807) is 6.07 Å². The molecule has 0 aliphatic rings. The number of esters is 1. The number of carbonyl (C=O) groups is 1. The summed E-state index contributed by atoms with van der Waals surface area (Å²) in [7, 11) is 3.35. The lowest BCUT2D eigenvalue weighted by atomic mass is 10.1. The van der Waals surface area contributed by atoms with Gasteiger partial charge in [-0.25, -0.2) is 4.79 Å². The molecule has 0 radical (unpaired) electrons. The number of anilines is 2. The molecule has 0 fully saturated rings. The highest BCUT2D eigenvalue weighted by Crippen LogP contribution is 2.28. The van der Waals surface area contributed by atoms with E-state index >= 15 is 0 Å². The second kappa shape index (κ2) is 6.28. The predicted molar refractivity (Wildman–Crippen MR) is 75.0 cm³/mol. The number of carbonyl (C=O) groups excluding carboxylic acids is 1. The van der Waals surface area contributed by atoms with Gasteiger partial charge in [-0.3, -0.25) is 0 Å². The summed E-state index contributed by atoms with van der Waals surface area (Å²) in [6.07, 6.45) is 2.19. The Labute approximate surface area is 109 Å². The van der Waals surface area contributed by atoms with Gasteiger partial charge < -0.3 is 15.4 Å². The Morgan fingerprint density at radius 3 is 2.72 bits per heavy atom. The molecule has 0 spiro atoms. The largest absolute Gasteiger partial charge is 0.465 e. The van der Waals surface area contributed by atoms with Crippen LogP contribution in [-0.2, 0) is 4.74 Å². The zero-order valence-corrected chi connectivity index (χ0v) is 11.6. The van der Waals surface area contributed by atoms with E-state index in [0.717, 1.165) is 18.5 Å². The molecule has 0 aliphatic carbocycles. The first-order valence-electron chi connectivity index (χ1n) is 6.22. The molecule has 0 heterocycles. The lowest BCUT2D eigenvalue weighted by Crippen LogP contribution is -2.29. The van der Waals surface area contributed by atoms with Gasteiger partial charge >= 0.3 is 5.97 Å². The third kappa shape index (κ3) is 2.94. The number of hydrogen-bond donors (Lipinski definition) is 1. The Kier molecular flexibility index (Phi) is 5.01.